The van der Waals surface area contributed by atoms with Gasteiger partial charge in [0.05, 0.1) is 5.49 Å². The Hall–Kier alpha value is -2.66. The number of nitrogens with zero attached hydrogens (tertiary/aromatic N) is 1. The zero-order valence-corrected chi connectivity index (χ0v) is 14.7. The van der Waals surface area contributed by atoms with Gasteiger partial charge < -0.3 is 15.2 Å². The molecule has 0 atom stereocenters. The number of hydrogen-bond acceptors (Lipinski definition) is 3. The monoisotopic (exact) mass is 339 g/mol. The predicted molar refractivity (Wildman–Crippen MR) is 105 cm³/mol. The van der Waals surface area contributed by atoms with Crippen LogP contribution in [-0.2, 0) is 4.79 Å². The molecule has 0 unspecified atom stereocenters. The van der Waals surface area contributed by atoms with E-state index >= 15 is 0 Å². The minimum absolute atomic E-state index is 0.244. The van der Waals surface area contributed by atoms with Gasteiger partial charge in [0.2, 0.25) is 0 Å². The molecule has 0 fully saturated rings. The fourth-order valence-corrected chi connectivity index (χ4v) is 2.54. The van der Waals surface area contributed by atoms with Crippen molar-refractivity contribution in [2.45, 2.75) is 13.3 Å². The number of thiocarbonyl (C=S) groups is 1. The van der Waals surface area contributed by atoms with Crippen LogP contribution >= 0.6 is 12.2 Å². The lowest BCUT2D eigenvalue weighted by Crippen LogP contribution is -2.23. The molecule has 0 spiro atoms. The molecule has 0 saturated carbocycles. The first-order valence-corrected chi connectivity index (χ1v) is 8.18. The highest BCUT2D eigenvalue weighted by atomic mass is 32.1. The van der Waals surface area contributed by atoms with E-state index in [-0.39, 0.29) is 5.91 Å². The van der Waals surface area contributed by atoms with Gasteiger partial charge in [-0.3, -0.25) is 4.79 Å². The zero-order chi connectivity index (χ0) is 17.5. The van der Waals surface area contributed by atoms with E-state index in [1.807, 2.05) is 67.2 Å². The van der Waals surface area contributed by atoms with Crippen molar-refractivity contribution in [1.82, 2.24) is 9.88 Å². The minimum atomic E-state index is -0.244. The van der Waals surface area contributed by atoms with Crippen LogP contribution in [0, 0.1) is 0 Å². The number of aromatic nitrogens is 1. The number of amides is 1. The van der Waals surface area contributed by atoms with Crippen LogP contribution in [0.25, 0.3) is 11.8 Å². The molecule has 0 radical (unpaired) electrons. The highest BCUT2D eigenvalue weighted by Crippen LogP contribution is 2.26. The second-order valence-electron chi connectivity index (χ2n) is 5.18. The summed E-state index contributed by atoms with van der Waals surface area (Å²) in [5.74, 6) is 0.657. The van der Waals surface area contributed by atoms with Crippen molar-refractivity contribution in [2.75, 3.05) is 12.4 Å². The SMILES string of the molecule is C=C(CC)/C(=C/c1ccn(-c2ccccc2)c1NC)C(=O)NC=S. The first-order valence-electron chi connectivity index (χ1n) is 7.71. The number of benzene rings is 1. The van der Waals surface area contributed by atoms with Crippen molar-refractivity contribution in [2.24, 2.45) is 0 Å². The summed E-state index contributed by atoms with van der Waals surface area (Å²) in [5, 5.41) is 5.76. The third kappa shape index (κ3) is 3.81. The number of nitrogens with one attached hydrogen (secondary N) is 2. The zero-order valence-electron chi connectivity index (χ0n) is 13.9. The summed E-state index contributed by atoms with van der Waals surface area (Å²) in [4.78, 5) is 12.3. The number of anilines is 1. The van der Waals surface area contributed by atoms with E-state index in [9.17, 15) is 4.79 Å². The minimum Gasteiger partial charge on any atom is -0.374 e. The summed E-state index contributed by atoms with van der Waals surface area (Å²) in [7, 11) is 1.86. The maximum absolute atomic E-state index is 12.3. The molecule has 1 amide bonds. The third-order valence-electron chi connectivity index (χ3n) is 3.73. The molecule has 2 rings (SSSR count). The lowest BCUT2D eigenvalue weighted by atomic mass is 10.0. The number of carbonyl (C=O) groups is 1. The van der Waals surface area contributed by atoms with Crippen molar-refractivity contribution in [3.05, 3.63) is 65.9 Å². The van der Waals surface area contributed by atoms with E-state index < -0.39 is 0 Å². The highest BCUT2D eigenvalue weighted by molar-refractivity contribution is 7.78. The summed E-state index contributed by atoms with van der Waals surface area (Å²) in [6, 6.07) is 12.0. The average molecular weight is 339 g/mol. The summed E-state index contributed by atoms with van der Waals surface area (Å²) in [6.45, 7) is 5.96. The summed E-state index contributed by atoms with van der Waals surface area (Å²) in [5.41, 5.74) is 4.46. The Balaban J connectivity index is 2.50. The van der Waals surface area contributed by atoms with Gasteiger partial charge in [0.1, 0.15) is 5.82 Å². The van der Waals surface area contributed by atoms with Crippen molar-refractivity contribution in [3.8, 4) is 5.69 Å². The summed E-state index contributed by atoms with van der Waals surface area (Å²) >= 11 is 4.72. The lowest BCUT2D eigenvalue weighted by Gasteiger charge is -2.11. The quantitative estimate of drug-likeness (QED) is 0.456. The van der Waals surface area contributed by atoms with Crippen LogP contribution in [0.15, 0.2) is 60.3 Å². The van der Waals surface area contributed by atoms with Crippen LogP contribution in [-0.4, -0.2) is 23.0 Å². The Morgan fingerprint density at radius 2 is 2.00 bits per heavy atom. The predicted octanol–water partition coefficient (Wildman–Crippen LogP) is 3.94. The molecule has 0 aliphatic carbocycles. The Bertz CT molecular complexity index is 775. The van der Waals surface area contributed by atoms with Crippen LogP contribution in [0.3, 0.4) is 0 Å². The van der Waals surface area contributed by atoms with Gasteiger partial charge >= 0.3 is 0 Å². The van der Waals surface area contributed by atoms with Crippen molar-refractivity contribution >= 4 is 35.5 Å². The number of rotatable bonds is 7. The summed E-state index contributed by atoms with van der Waals surface area (Å²) in [6.07, 6.45) is 4.49. The van der Waals surface area contributed by atoms with E-state index in [4.69, 9.17) is 12.2 Å². The average Bonchev–Trinajstić information content (AvgIpc) is 3.02. The molecule has 2 N–H and O–H groups in total. The van der Waals surface area contributed by atoms with E-state index in [1.165, 1.54) is 5.49 Å². The van der Waals surface area contributed by atoms with Gasteiger partial charge in [-0.1, -0.05) is 43.9 Å². The van der Waals surface area contributed by atoms with E-state index in [1.54, 1.807) is 0 Å². The van der Waals surface area contributed by atoms with Crippen molar-refractivity contribution in [3.63, 3.8) is 0 Å². The third-order valence-corrected chi connectivity index (χ3v) is 3.85. The van der Waals surface area contributed by atoms with Gasteiger partial charge in [-0.15, -0.1) is 0 Å². The largest absolute Gasteiger partial charge is 0.374 e. The first kappa shape index (κ1) is 17.7. The molecule has 1 heterocycles. The Kier molecular flexibility index (Phi) is 6.09. The second-order valence-corrected chi connectivity index (χ2v) is 5.42. The maximum Gasteiger partial charge on any atom is 0.256 e. The smallest absolute Gasteiger partial charge is 0.256 e. The van der Waals surface area contributed by atoms with Crippen LogP contribution in [0.1, 0.15) is 18.9 Å². The molecule has 4 nitrogen and oxygen atoms in total. The van der Waals surface area contributed by atoms with Crippen LogP contribution in [0.2, 0.25) is 0 Å². The molecule has 1 aromatic carbocycles. The Morgan fingerprint density at radius 1 is 1.29 bits per heavy atom. The normalized spacial score (nSPS) is 11.0. The fraction of sp³-hybridized carbons (Fsp3) is 0.158. The Labute approximate surface area is 147 Å². The number of para-hydroxylation sites is 1. The van der Waals surface area contributed by atoms with Gasteiger partial charge in [0, 0.05) is 30.1 Å². The van der Waals surface area contributed by atoms with Crippen molar-refractivity contribution in [1.29, 1.82) is 0 Å². The maximum atomic E-state index is 12.3. The van der Waals surface area contributed by atoms with Gasteiger partial charge in [-0.2, -0.15) is 0 Å². The van der Waals surface area contributed by atoms with E-state index in [0.29, 0.717) is 12.0 Å². The van der Waals surface area contributed by atoms with Gasteiger partial charge in [0.15, 0.2) is 0 Å². The van der Waals surface area contributed by atoms with Gasteiger partial charge in [-0.05, 0) is 36.3 Å². The molecule has 2 aromatic rings. The molecule has 0 saturated heterocycles. The molecule has 124 valence electrons. The molecule has 0 bridgehead atoms. The standard InChI is InChI=1S/C19H21N3OS/c1-4-14(2)17(19(23)21-13-24)12-15-10-11-22(18(15)20-3)16-8-6-5-7-9-16/h5-13,20H,2,4H2,1,3H3,(H,21,23,24)/b17-12-. The van der Waals surface area contributed by atoms with E-state index in [2.05, 4.69) is 17.2 Å². The Morgan fingerprint density at radius 3 is 2.58 bits per heavy atom. The first-order chi connectivity index (χ1) is 11.6. The van der Waals surface area contributed by atoms with Gasteiger partial charge in [-0.25, -0.2) is 0 Å². The molecular formula is C19H21N3OS. The summed E-state index contributed by atoms with van der Waals surface area (Å²) < 4.78 is 2.04. The highest BCUT2D eigenvalue weighted by Gasteiger charge is 2.14. The molecule has 24 heavy (non-hydrogen) atoms. The molecule has 0 aliphatic heterocycles. The molecular weight excluding hydrogens is 318 g/mol. The van der Waals surface area contributed by atoms with Crippen LogP contribution in [0.5, 0.6) is 0 Å². The number of carbonyl (C=O) groups excluding carboxylic acids is 1. The van der Waals surface area contributed by atoms with Crippen LogP contribution in [0.4, 0.5) is 5.82 Å². The fourth-order valence-electron chi connectivity index (χ4n) is 2.44. The topological polar surface area (TPSA) is 46.1 Å². The van der Waals surface area contributed by atoms with Crippen LogP contribution < -0.4 is 10.6 Å². The molecule has 0 aliphatic rings. The lowest BCUT2D eigenvalue weighted by molar-refractivity contribution is -0.115. The van der Waals surface area contributed by atoms with E-state index in [0.717, 1.165) is 22.6 Å². The van der Waals surface area contributed by atoms with Crippen molar-refractivity contribution < 1.29 is 4.79 Å². The second kappa shape index (κ2) is 8.26. The van der Waals surface area contributed by atoms with Gasteiger partial charge in [0.25, 0.3) is 5.91 Å². The molecule has 1 aromatic heterocycles. The molecule has 5 heteroatoms. The number of hydrogen-bond donors (Lipinski definition) is 2.